The summed E-state index contributed by atoms with van der Waals surface area (Å²) >= 11 is 5.15. The molecule has 27 heavy (non-hydrogen) atoms. The van der Waals surface area contributed by atoms with Gasteiger partial charge in [-0.05, 0) is 47.2 Å². The number of hydrogen-bond donors (Lipinski definition) is 0. The molecule has 2 aromatic carbocycles. The molecule has 0 saturated carbocycles. The number of ether oxygens (including phenoxy) is 3. The second kappa shape index (κ2) is 8.18. The van der Waals surface area contributed by atoms with E-state index in [-0.39, 0.29) is 0 Å². The summed E-state index contributed by atoms with van der Waals surface area (Å²) in [7, 11) is 0. The van der Waals surface area contributed by atoms with E-state index in [2.05, 4.69) is 31.5 Å². The Bertz CT molecular complexity index is 950. The minimum Gasteiger partial charge on any atom is -0.492 e. The number of hydrogen-bond acceptors (Lipinski definition) is 7. The van der Waals surface area contributed by atoms with E-state index in [0.29, 0.717) is 30.7 Å². The van der Waals surface area contributed by atoms with Gasteiger partial charge in [0.2, 0.25) is 5.16 Å². The normalized spacial score (nSPS) is 12.8. The van der Waals surface area contributed by atoms with Gasteiger partial charge in [-0.3, -0.25) is 0 Å². The van der Waals surface area contributed by atoms with E-state index < -0.39 is 0 Å². The van der Waals surface area contributed by atoms with Gasteiger partial charge in [0.25, 0.3) is 0 Å². The molecule has 0 bridgehead atoms. The molecular weight excluding hydrogens is 432 g/mol. The average molecular weight is 449 g/mol. The number of halogens is 1. The van der Waals surface area contributed by atoms with Crippen LogP contribution in [-0.4, -0.2) is 40.0 Å². The zero-order valence-electron chi connectivity index (χ0n) is 14.6. The van der Waals surface area contributed by atoms with Crippen molar-refractivity contribution in [3.8, 4) is 22.9 Å². The third kappa shape index (κ3) is 3.89. The molecule has 1 aliphatic heterocycles. The number of tetrazole rings is 1. The van der Waals surface area contributed by atoms with E-state index in [1.807, 2.05) is 43.3 Å². The first-order valence-electron chi connectivity index (χ1n) is 8.47. The summed E-state index contributed by atoms with van der Waals surface area (Å²) in [5, 5.41) is 12.8. The van der Waals surface area contributed by atoms with Crippen LogP contribution < -0.4 is 14.2 Å². The van der Waals surface area contributed by atoms with Crippen LogP contribution in [0.2, 0.25) is 0 Å². The summed E-state index contributed by atoms with van der Waals surface area (Å²) in [5.74, 6) is 2.95. The molecule has 9 heteroatoms. The van der Waals surface area contributed by atoms with Gasteiger partial charge in [0.15, 0.2) is 11.5 Å². The molecule has 140 valence electrons. The molecule has 0 N–H and O–H groups in total. The maximum absolute atomic E-state index is 5.70. The van der Waals surface area contributed by atoms with E-state index in [9.17, 15) is 0 Å². The largest absolute Gasteiger partial charge is 0.492 e. The first-order valence-corrected chi connectivity index (χ1v) is 10.3. The highest BCUT2D eigenvalue weighted by Crippen LogP contribution is 2.38. The average Bonchev–Trinajstić information content (AvgIpc) is 3.15. The lowest BCUT2D eigenvalue weighted by Gasteiger charge is -2.19. The number of nitrogens with zero attached hydrogens (tertiary/aromatic N) is 4. The Labute approximate surface area is 169 Å². The zero-order valence-corrected chi connectivity index (χ0v) is 17.0. The summed E-state index contributed by atoms with van der Waals surface area (Å²) in [6, 6.07) is 11.6. The SMILES string of the molecule is CCOc1ccccc1-n1nnnc1SCc1cc2c(cc1Br)OCCO2. The van der Waals surface area contributed by atoms with Crippen molar-refractivity contribution in [3.05, 3.63) is 46.4 Å². The van der Waals surface area contributed by atoms with Crippen molar-refractivity contribution in [1.82, 2.24) is 20.2 Å². The molecule has 0 spiro atoms. The quantitative estimate of drug-likeness (QED) is 0.529. The Hall–Kier alpha value is -2.26. The van der Waals surface area contributed by atoms with Crippen LogP contribution in [0.4, 0.5) is 0 Å². The van der Waals surface area contributed by atoms with Crippen molar-refractivity contribution < 1.29 is 14.2 Å². The topological polar surface area (TPSA) is 71.3 Å². The molecule has 7 nitrogen and oxygen atoms in total. The molecular formula is C18H17BrN4O3S. The first kappa shape index (κ1) is 18.1. The maximum Gasteiger partial charge on any atom is 0.214 e. The maximum atomic E-state index is 5.70. The Morgan fingerprint density at radius 3 is 2.78 bits per heavy atom. The highest BCUT2D eigenvalue weighted by Gasteiger charge is 2.17. The van der Waals surface area contributed by atoms with Gasteiger partial charge >= 0.3 is 0 Å². The van der Waals surface area contributed by atoms with Crippen LogP contribution in [0, 0.1) is 0 Å². The fourth-order valence-electron chi connectivity index (χ4n) is 2.69. The van der Waals surface area contributed by atoms with Crippen LogP contribution >= 0.6 is 27.7 Å². The van der Waals surface area contributed by atoms with Crippen molar-refractivity contribution in [3.63, 3.8) is 0 Å². The lowest BCUT2D eigenvalue weighted by atomic mass is 10.2. The molecule has 4 rings (SSSR count). The lowest BCUT2D eigenvalue weighted by molar-refractivity contribution is 0.171. The highest BCUT2D eigenvalue weighted by atomic mass is 79.9. The molecule has 0 unspecified atom stereocenters. The molecule has 0 aliphatic carbocycles. The molecule has 1 aliphatic rings. The van der Waals surface area contributed by atoms with Crippen LogP contribution in [0.1, 0.15) is 12.5 Å². The Morgan fingerprint density at radius 2 is 1.96 bits per heavy atom. The van der Waals surface area contributed by atoms with Crippen molar-refractivity contribution in [1.29, 1.82) is 0 Å². The van der Waals surface area contributed by atoms with Gasteiger partial charge < -0.3 is 14.2 Å². The van der Waals surface area contributed by atoms with Crippen LogP contribution in [-0.2, 0) is 5.75 Å². The van der Waals surface area contributed by atoms with Crippen LogP contribution in [0.15, 0.2) is 46.0 Å². The molecule has 2 heterocycles. The molecule has 0 saturated heterocycles. The summed E-state index contributed by atoms with van der Waals surface area (Å²) in [4.78, 5) is 0. The fraction of sp³-hybridized carbons (Fsp3) is 0.278. The summed E-state index contributed by atoms with van der Waals surface area (Å²) in [6.07, 6.45) is 0. The van der Waals surface area contributed by atoms with E-state index in [4.69, 9.17) is 14.2 Å². The number of aromatic nitrogens is 4. The van der Waals surface area contributed by atoms with Crippen molar-refractivity contribution >= 4 is 27.7 Å². The lowest BCUT2D eigenvalue weighted by Crippen LogP contribution is -2.15. The van der Waals surface area contributed by atoms with Crippen LogP contribution in [0.3, 0.4) is 0 Å². The summed E-state index contributed by atoms with van der Waals surface area (Å²) < 4.78 is 19.6. The second-order valence-corrected chi connectivity index (χ2v) is 7.45. The fourth-order valence-corrected chi connectivity index (χ4v) is 4.21. The first-order chi connectivity index (χ1) is 13.3. The number of para-hydroxylation sites is 2. The smallest absolute Gasteiger partial charge is 0.214 e. The van der Waals surface area contributed by atoms with Gasteiger partial charge in [-0.25, -0.2) is 0 Å². The predicted molar refractivity (Wildman–Crippen MR) is 105 cm³/mol. The number of rotatable bonds is 6. The number of fused-ring (bicyclic) bond motifs is 1. The molecule has 0 atom stereocenters. The molecule has 0 radical (unpaired) electrons. The number of thioether (sulfide) groups is 1. The predicted octanol–water partition coefficient (Wildman–Crippen LogP) is 3.89. The van der Waals surface area contributed by atoms with Crippen LogP contribution in [0.5, 0.6) is 17.2 Å². The summed E-state index contributed by atoms with van der Waals surface area (Å²) in [6.45, 7) is 3.66. The molecule has 1 aromatic heterocycles. The molecule has 0 fully saturated rings. The van der Waals surface area contributed by atoms with Crippen molar-refractivity contribution in [2.75, 3.05) is 19.8 Å². The van der Waals surface area contributed by atoms with Crippen molar-refractivity contribution in [2.24, 2.45) is 0 Å². The Kier molecular flexibility index (Phi) is 5.49. The second-order valence-electron chi connectivity index (χ2n) is 5.65. The van der Waals surface area contributed by atoms with Gasteiger partial charge in [-0.15, -0.1) is 5.10 Å². The van der Waals surface area contributed by atoms with E-state index in [0.717, 1.165) is 33.0 Å². The van der Waals surface area contributed by atoms with Crippen molar-refractivity contribution in [2.45, 2.75) is 17.8 Å². The van der Waals surface area contributed by atoms with Gasteiger partial charge in [-0.2, -0.15) is 4.68 Å². The van der Waals surface area contributed by atoms with Gasteiger partial charge in [0.1, 0.15) is 24.7 Å². The standard InChI is InChI=1S/C18H17BrN4O3S/c1-2-24-15-6-4-3-5-14(15)23-18(20-21-22-23)27-11-12-9-16-17(10-13(12)19)26-8-7-25-16/h3-6,9-10H,2,7-8,11H2,1H3. The summed E-state index contributed by atoms with van der Waals surface area (Å²) in [5.41, 5.74) is 1.89. The highest BCUT2D eigenvalue weighted by molar-refractivity contribution is 9.10. The van der Waals surface area contributed by atoms with E-state index in [1.165, 1.54) is 11.8 Å². The molecule has 3 aromatic rings. The van der Waals surface area contributed by atoms with Gasteiger partial charge in [0, 0.05) is 10.2 Å². The minimum absolute atomic E-state index is 0.563. The minimum atomic E-state index is 0.563. The van der Waals surface area contributed by atoms with E-state index >= 15 is 0 Å². The third-order valence-electron chi connectivity index (χ3n) is 3.90. The molecule has 0 amide bonds. The van der Waals surface area contributed by atoms with E-state index in [1.54, 1.807) is 4.68 Å². The van der Waals surface area contributed by atoms with Gasteiger partial charge in [0.05, 0.1) is 6.61 Å². The third-order valence-corrected chi connectivity index (χ3v) is 5.61. The zero-order chi connectivity index (χ0) is 18.6. The monoisotopic (exact) mass is 448 g/mol. The Morgan fingerprint density at radius 1 is 1.19 bits per heavy atom. The Balaban J connectivity index is 1.57. The van der Waals surface area contributed by atoms with Crippen LogP contribution in [0.25, 0.3) is 5.69 Å². The van der Waals surface area contributed by atoms with Gasteiger partial charge in [-0.1, -0.05) is 39.8 Å². The number of benzene rings is 2.